The van der Waals surface area contributed by atoms with Crippen molar-refractivity contribution in [2.75, 3.05) is 19.7 Å². The quantitative estimate of drug-likeness (QED) is 0.813. The van der Waals surface area contributed by atoms with Crippen molar-refractivity contribution < 1.29 is 14.3 Å². The summed E-state index contributed by atoms with van der Waals surface area (Å²) in [5.41, 5.74) is 0.679. The van der Waals surface area contributed by atoms with E-state index in [1.807, 2.05) is 6.92 Å². The number of carbonyl (C=O) groups excluding carboxylic acids is 1. The molecule has 2 rings (SSSR count). The number of tetrazole rings is 1. The number of hydrogen-bond donors (Lipinski definition) is 1. The normalized spacial score (nSPS) is 12.2. The van der Waals surface area contributed by atoms with Gasteiger partial charge in [0.25, 0.3) is 0 Å². The Morgan fingerprint density at radius 1 is 1.48 bits per heavy atom. The van der Waals surface area contributed by atoms with Crippen molar-refractivity contribution in [3.63, 3.8) is 0 Å². The van der Waals surface area contributed by atoms with Crippen LogP contribution in [0.15, 0.2) is 24.3 Å². The molecule has 0 aliphatic rings. The minimum Gasteiger partial charge on any atom is -0.395 e. The minimum atomic E-state index is -0.682. The standard InChI is InChI=1S/C15H20FN5O2/c1-3-20(7-8-22)15(23)14(21-11(2)17-18-19-21)10-12-5-4-6-13(16)9-12/h4-6,9,14,22H,3,7-8,10H2,1-2H3. The second kappa shape index (κ2) is 7.77. The summed E-state index contributed by atoms with van der Waals surface area (Å²) in [6, 6.07) is 5.42. The van der Waals surface area contributed by atoms with E-state index in [-0.39, 0.29) is 31.3 Å². The summed E-state index contributed by atoms with van der Waals surface area (Å²) < 4.78 is 14.8. The predicted molar refractivity (Wildman–Crippen MR) is 81.0 cm³/mol. The second-order valence-corrected chi connectivity index (χ2v) is 5.16. The van der Waals surface area contributed by atoms with Crippen molar-refractivity contribution in [2.45, 2.75) is 26.3 Å². The maximum atomic E-state index is 13.4. The van der Waals surface area contributed by atoms with E-state index in [1.54, 1.807) is 19.1 Å². The van der Waals surface area contributed by atoms with Gasteiger partial charge in [-0.2, -0.15) is 0 Å². The Kier molecular flexibility index (Phi) is 5.75. The molecule has 1 heterocycles. The van der Waals surface area contributed by atoms with E-state index >= 15 is 0 Å². The lowest BCUT2D eigenvalue weighted by molar-refractivity contribution is -0.135. The first-order chi connectivity index (χ1) is 11.1. The number of rotatable bonds is 7. The zero-order valence-corrected chi connectivity index (χ0v) is 13.2. The average Bonchev–Trinajstić information content (AvgIpc) is 2.95. The van der Waals surface area contributed by atoms with Gasteiger partial charge in [-0.15, -0.1) is 5.10 Å². The third-order valence-electron chi connectivity index (χ3n) is 3.62. The Balaban J connectivity index is 2.32. The number of benzene rings is 1. The Morgan fingerprint density at radius 2 is 2.26 bits per heavy atom. The molecule has 2 aromatic rings. The lowest BCUT2D eigenvalue weighted by Crippen LogP contribution is -2.40. The lowest BCUT2D eigenvalue weighted by atomic mass is 10.0. The third-order valence-corrected chi connectivity index (χ3v) is 3.62. The molecule has 0 fully saturated rings. The van der Waals surface area contributed by atoms with E-state index in [0.29, 0.717) is 17.9 Å². The largest absolute Gasteiger partial charge is 0.395 e. The summed E-state index contributed by atoms with van der Waals surface area (Å²) in [7, 11) is 0. The van der Waals surface area contributed by atoms with Gasteiger partial charge in [0.15, 0.2) is 0 Å². The molecule has 0 aliphatic heterocycles. The first-order valence-electron chi connectivity index (χ1n) is 7.45. The monoisotopic (exact) mass is 321 g/mol. The molecule has 1 aromatic carbocycles. The van der Waals surface area contributed by atoms with Crippen LogP contribution >= 0.6 is 0 Å². The fourth-order valence-electron chi connectivity index (χ4n) is 2.45. The molecule has 0 radical (unpaired) electrons. The zero-order chi connectivity index (χ0) is 16.8. The van der Waals surface area contributed by atoms with Crippen molar-refractivity contribution >= 4 is 5.91 Å². The summed E-state index contributed by atoms with van der Waals surface area (Å²) in [5, 5.41) is 20.4. The number of likely N-dealkylation sites (N-methyl/N-ethyl adjacent to an activating group) is 1. The molecule has 8 heteroatoms. The topological polar surface area (TPSA) is 84.1 Å². The first kappa shape index (κ1) is 17.0. The van der Waals surface area contributed by atoms with E-state index in [0.717, 1.165) is 0 Å². The van der Waals surface area contributed by atoms with Crippen LogP contribution in [0, 0.1) is 12.7 Å². The molecular weight excluding hydrogens is 301 g/mol. The third kappa shape index (κ3) is 4.10. The van der Waals surface area contributed by atoms with Crippen LogP contribution in [0.5, 0.6) is 0 Å². The minimum absolute atomic E-state index is 0.124. The molecule has 0 bridgehead atoms. The highest BCUT2D eigenvalue weighted by Gasteiger charge is 2.28. The molecule has 124 valence electrons. The highest BCUT2D eigenvalue weighted by molar-refractivity contribution is 5.80. The number of aliphatic hydroxyl groups excluding tert-OH is 1. The van der Waals surface area contributed by atoms with Gasteiger partial charge in [0.2, 0.25) is 5.91 Å². The van der Waals surface area contributed by atoms with Crippen LogP contribution in [-0.4, -0.2) is 55.8 Å². The first-order valence-corrected chi connectivity index (χ1v) is 7.45. The van der Waals surface area contributed by atoms with Crippen LogP contribution in [0.4, 0.5) is 4.39 Å². The second-order valence-electron chi connectivity index (χ2n) is 5.16. The van der Waals surface area contributed by atoms with Gasteiger partial charge >= 0.3 is 0 Å². The van der Waals surface area contributed by atoms with Gasteiger partial charge in [0, 0.05) is 19.5 Å². The van der Waals surface area contributed by atoms with Gasteiger partial charge in [-0.3, -0.25) is 4.79 Å². The van der Waals surface area contributed by atoms with Crippen LogP contribution in [0.2, 0.25) is 0 Å². The summed E-state index contributed by atoms with van der Waals surface area (Å²) >= 11 is 0. The molecule has 1 aromatic heterocycles. The van der Waals surface area contributed by atoms with Crippen molar-refractivity contribution in [3.8, 4) is 0 Å². The number of halogens is 1. The number of aliphatic hydroxyl groups is 1. The van der Waals surface area contributed by atoms with E-state index in [1.165, 1.54) is 21.7 Å². The van der Waals surface area contributed by atoms with Crippen LogP contribution in [0.3, 0.4) is 0 Å². The van der Waals surface area contributed by atoms with E-state index < -0.39 is 6.04 Å². The molecule has 0 aliphatic carbocycles. The van der Waals surface area contributed by atoms with E-state index in [4.69, 9.17) is 5.11 Å². The molecule has 0 spiro atoms. The number of aryl methyl sites for hydroxylation is 1. The van der Waals surface area contributed by atoms with Crippen LogP contribution in [0.1, 0.15) is 24.4 Å². The van der Waals surface area contributed by atoms with Crippen LogP contribution < -0.4 is 0 Å². The molecule has 23 heavy (non-hydrogen) atoms. The summed E-state index contributed by atoms with van der Waals surface area (Å²) in [4.78, 5) is 14.3. The molecule has 1 amide bonds. The fourth-order valence-corrected chi connectivity index (χ4v) is 2.45. The number of aromatic nitrogens is 4. The highest BCUT2D eigenvalue weighted by Crippen LogP contribution is 2.18. The summed E-state index contributed by atoms with van der Waals surface area (Å²) in [5.74, 6) is -0.0640. The van der Waals surface area contributed by atoms with E-state index in [2.05, 4.69) is 15.5 Å². The Labute approximate surface area is 133 Å². The fraction of sp³-hybridized carbons (Fsp3) is 0.467. The maximum absolute atomic E-state index is 13.4. The van der Waals surface area contributed by atoms with Crippen molar-refractivity contribution in [3.05, 3.63) is 41.5 Å². The molecule has 7 nitrogen and oxygen atoms in total. The number of nitrogens with zero attached hydrogens (tertiary/aromatic N) is 5. The Bertz CT molecular complexity index is 661. The summed E-state index contributed by atoms with van der Waals surface area (Å²) in [6.07, 6.45) is 0.268. The van der Waals surface area contributed by atoms with Crippen molar-refractivity contribution in [1.29, 1.82) is 0 Å². The number of carbonyl (C=O) groups is 1. The molecular formula is C15H20FN5O2. The van der Waals surface area contributed by atoms with Crippen LogP contribution in [0.25, 0.3) is 0 Å². The van der Waals surface area contributed by atoms with Gasteiger partial charge in [0.1, 0.15) is 17.7 Å². The van der Waals surface area contributed by atoms with Gasteiger partial charge in [-0.05, 0) is 42.0 Å². The average molecular weight is 321 g/mol. The molecule has 0 saturated carbocycles. The van der Waals surface area contributed by atoms with Gasteiger partial charge in [-0.1, -0.05) is 12.1 Å². The molecule has 0 saturated heterocycles. The highest BCUT2D eigenvalue weighted by atomic mass is 19.1. The SMILES string of the molecule is CCN(CCO)C(=O)C(Cc1cccc(F)c1)n1nnnc1C. The molecule has 1 unspecified atom stereocenters. The van der Waals surface area contributed by atoms with E-state index in [9.17, 15) is 9.18 Å². The van der Waals surface area contributed by atoms with Gasteiger partial charge < -0.3 is 10.0 Å². The predicted octanol–water partition coefficient (Wildman–Crippen LogP) is 0.745. The van der Waals surface area contributed by atoms with Gasteiger partial charge in [-0.25, -0.2) is 9.07 Å². The maximum Gasteiger partial charge on any atom is 0.248 e. The summed E-state index contributed by atoms with van der Waals surface area (Å²) in [6.45, 7) is 4.10. The van der Waals surface area contributed by atoms with Crippen molar-refractivity contribution in [1.82, 2.24) is 25.1 Å². The lowest BCUT2D eigenvalue weighted by Gasteiger charge is -2.26. The number of amides is 1. The Hall–Kier alpha value is -2.35. The van der Waals surface area contributed by atoms with Gasteiger partial charge in [0.05, 0.1) is 6.61 Å². The smallest absolute Gasteiger partial charge is 0.248 e. The molecule has 1 atom stereocenters. The zero-order valence-electron chi connectivity index (χ0n) is 13.2. The molecule has 1 N–H and O–H groups in total. The number of hydrogen-bond acceptors (Lipinski definition) is 5. The Morgan fingerprint density at radius 3 is 2.83 bits per heavy atom. The van der Waals surface area contributed by atoms with Crippen LogP contribution in [-0.2, 0) is 11.2 Å². The van der Waals surface area contributed by atoms with Crippen molar-refractivity contribution in [2.24, 2.45) is 0 Å².